The van der Waals surface area contributed by atoms with Crippen molar-refractivity contribution in [2.24, 2.45) is 0 Å². The number of hydrogen-bond acceptors (Lipinski definition) is 7. The van der Waals surface area contributed by atoms with Crippen LogP contribution in [-0.4, -0.2) is 49.7 Å². The molecular weight excluding hydrogens is 530 g/mol. The topological polar surface area (TPSA) is 109 Å². The summed E-state index contributed by atoms with van der Waals surface area (Å²) in [7, 11) is -3.67. The number of carbonyl (C=O) groups is 1. The molecule has 0 bridgehead atoms. The summed E-state index contributed by atoms with van der Waals surface area (Å²) in [6.45, 7) is 10.4. The molecule has 1 saturated heterocycles. The van der Waals surface area contributed by atoms with Crippen LogP contribution < -0.4 is 15.5 Å². The molecule has 10 heteroatoms. The van der Waals surface area contributed by atoms with Crippen molar-refractivity contribution in [3.63, 3.8) is 0 Å². The molecule has 9 nitrogen and oxygen atoms in total. The van der Waals surface area contributed by atoms with Gasteiger partial charge in [0, 0.05) is 38.3 Å². The third-order valence-electron chi connectivity index (χ3n) is 6.81. The quantitative estimate of drug-likeness (QED) is 0.431. The monoisotopic (exact) mass is 567 g/mol. The summed E-state index contributed by atoms with van der Waals surface area (Å²) in [5.74, 6) is 0.432. The maximum Gasteiger partial charge on any atom is 0.243 e. The minimum absolute atomic E-state index is 0.0675. The maximum atomic E-state index is 13.2. The van der Waals surface area contributed by atoms with Crippen LogP contribution in [0.1, 0.15) is 51.0 Å². The van der Waals surface area contributed by atoms with Crippen LogP contribution in [-0.2, 0) is 33.4 Å². The molecule has 1 aliphatic heterocycles. The lowest BCUT2D eigenvalue weighted by Crippen LogP contribution is -2.35. The van der Waals surface area contributed by atoms with Gasteiger partial charge in [-0.15, -0.1) is 0 Å². The van der Waals surface area contributed by atoms with Crippen LogP contribution in [0.5, 0.6) is 5.75 Å². The van der Waals surface area contributed by atoms with E-state index in [4.69, 9.17) is 9.15 Å². The summed E-state index contributed by atoms with van der Waals surface area (Å²) in [6.07, 6.45) is 1.99. The standard InChI is InChI=1S/C30H37N3O6S/c1-22(34)31-25-10-12-27(13-11-25)40(36,37)33-15-5-14-32(16-17-33)19-26-18-28(35)29(21-38-26)39-20-23-6-8-24(9-7-23)30(2,3)4/h6-13,18,21H,5,14-17,19-20H2,1-4H3,(H,31,34). The molecule has 0 saturated carbocycles. The molecule has 4 rings (SSSR count). The van der Waals surface area contributed by atoms with Gasteiger partial charge in [-0.1, -0.05) is 45.0 Å². The van der Waals surface area contributed by atoms with Crippen LogP contribution in [0.25, 0.3) is 0 Å². The van der Waals surface area contributed by atoms with E-state index in [1.54, 1.807) is 12.1 Å². The number of benzene rings is 2. The molecule has 1 aromatic heterocycles. The second-order valence-corrected chi connectivity index (χ2v) is 13.0. The molecule has 3 aromatic rings. The summed E-state index contributed by atoms with van der Waals surface area (Å²) < 4.78 is 39.3. The van der Waals surface area contributed by atoms with Crippen LogP contribution in [0.3, 0.4) is 0 Å². The zero-order valence-corrected chi connectivity index (χ0v) is 24.3. The van der Waals surface area contributed by atoms with Crippen LogP contribution in [0, 0.1) is 0 Å². The normalized spacial score (nSPS) is 15.4. The van der Waals surface area contributed by atoms with Gasteiger partial charge in [-0.2, -0.15) is 4.31 Å². The summed E-state index contributed by atoms with van der Waals surface area (Å²) in [5.41, 5.74) is 2.55. The fourth-order valence-electron chi connectivity index (χ4n) is 4.52. The third kappa shape index (κ3) is 7.59. The first-order chi connectivity index (χ1) is 18.9. The molecule has 2 heterocycles. The molecule has 40 heavy (non-hydrogen) atoms. The Labute approximate surface area is 235 Å². The summed E-state index contributed by atoms with van der Waals surface area (Å²) in [4.78, 5) is 26.1. The minimum Gasteiger partial charge on any atom is -0.482 e. The highest BCUT2D eigenvalue weighted by Gasteiger charge is 2.27. The number of ether oxygens (including phenoxy) is 1. The van der Waals surface area contributed by atoms with Crippen molar-refractivity contribution in [2.75, 3.05) is 31.5 Å². The van der Waals surface area contributed by atoms with Crippen molar-refractivity contribution in [1.29, 1.82) is 0 Å². The predicted molar refractivity (Wildman–Crippen MR) is 154 cm³/mol. The molecule has 0 spiro atoms. The SMILES string of the molecule is CC(=O)Nc1ccc(S(=O)(=O)N2CCCN(Cc3cc(=O)c(OCc4ccc(C(C)(C)C)cc4)co3)CC2)cc1. The number of carbonyl (C=O) groups excluding carboxylic acids is 1. The molecule has 214 valence electrons. The van der Waals surface area contributed by atoms with Gasteiger partial charge >= 0.3 is 0 Å². The lowest BCUT2D eigenvalue weighted by molar-refractivity contribution is -0.114. The summed E-state index contributed by atoms with van der Waals surface area (Å²) in [5, 5.41) is 2.64. The van der Waals surface area contributed by atoms with Crippen LogP contribution >= 0.6 is 0 Å². The van der Waals surface area contributed by atoms with E-state index in [-0.39, 0.29) is 34.0 Å². The zero-order chi connectivity index (χ0) is 28.9. The predicted octanol–water partition coefficient (Wildman–Crippen LogP) is 4.37. The Kier molecular flexibility index (Phi) is 9.12. The molecule has 0 unspecified atom stereocenters. The van der Waals surface area contributed by atoms with Crippen molar-refractivity contribution < 1.29 is 22.4 Å². The average molecular weight is 568 g/mol. The number of nitrogens with zero attached hydrogens (tertiary/aromatic N) is 2. The Morgan fingerprint density at radius 2 is 1.70 bits per heavy atom. The maximum absolute atomic E-state index is 13.2. The number of anilines is 1. The highest BCUT2D eigenvalue weighted by molar-refractivity contribution is 7.89. The lowest BCUT2D eigenvalue weighted by atomic mass is 9.87. The van der Waals surface area contributed by atoms with Crippen molar-refractivity contribution in [3.8, 4) is 5.75 Å². The second kappa shape index (κ2) is 12.4. The van der Waals surface area contributed by atoms with E-state index < -0.39 is 10.0 Å². The number of rotatable bonds is 8. The third-order valence-corrected chi connectivity index (χ3v) is 8.72. The fourth-order valence-corrected chi connectivity index (χ4v) is 5.99. The van der Waals surface area contributed by atoms with Gasteiger partial charge < -0.3 is 14.5 Å². The molecular formula is C30H37N3O6S. The van der Waals surface area contributed by atoms with Crippen molar-refractivity contribution in [2.45, 2.75) is 57.6 Å². The molecule has 2 aromatic carbocycles. The summed E-state index contributed by atoms with van der Waals surface area (Å²) >= 11 is 0. The Bertz CT molecular complexity index is 1480. The minimum atomic E-state index is -3.67. The van der Waals surface area contributed by atoms with Gasteiger partial charge in [-0.3, -0.25) is 14.5 Å². The molecule has 0 atom stereocenters. The Hall–Kier alpha value is -3.47. The van der Waals surface area contributed by atoms with E-state index >= 15 is 0 Å². The lowest BCUT2D eigenvalue weighted by Gasteiger charge is -2.21. The van der Waals surface area contributed by atoms with Gasteiger partial charge in [0.05, 0.1) is 11.4 Å². The van der Waals surface area contributed by atoms with Crippen molar-refractivity contribution in [3.05, 3.63) is 88.0 Å². The molecule has 0 radical (unpaired) electrons. The van der Waals surface area contributed by atoms with Crippen LogP contribution in [0.4, 0.5) is 5.69 Å². The first-order valence-corrected chi connectivity index (χ1v) is 14.8. The van der Waals surface area contributed by atoms with Gasteiger partial charge in [0.25, 0.3) is 0 Å². The molecule has 1 fully saturated rings. The first-order valence-electron chi connectivity index (χ1n) is 13.4. The van der Waals surface area contributed by atoms with E-state index in [0.29, 0.717) is 50.6 Å². The number of sulfonamides is 1. The Morgan fingerprint density at radius 1 is 1.00 bits per heavy atom. The van der Waals surface area contributed by atoms with Crippen molar-refractivity contribution >= 4 is 21.6 Å². The van der Waals surface area contributed by atoms with E-state index in [1.165, 1.54) is 41.3 Å². The summed E-state index contributed by atoms with van der Waals surface area (Å²) in [6, 6.07) is 15.7. The van der Waals surface area contributed by atoms with Gasteiger partial charge in [0.15, 0.2) is 0 Å². The van der Waals surface area contributed by atoms with Crippen LogP contribution in [0.2, 0.25) is 0 Å². The highest BCUT2D eigenvalue weighted by Crippen LogP contribution is 2.23. The Balaban J connectivity index is 1.32. The Morgan fingerprint density at radius 3 is 2.33 bits per heavy atom. The second-order valence-electron chi connectivity index (χ2n) is 11.0. The van der Waals surface area contributed by atoms with Gasteiger partial charge in [0.1, 0.15) is 18.6 Å². The number of nitrogens with one attached hydrogen (secondary N) is 1. The fraction of sp³-hybridized carbons (Fsp3) is 0.400. The zero-order valence-electron chi connectivity index (χ0n) is 23.5. The molecule has 0 aliphatic carbocycles. The molecule has 1 amide bonds. The highest BCUT2D eigenvalue weighted by atomic mass is 32.2. The van der Waals surface area contributed by atoms with Crippen LogP contribution in [0.15, 0.2) is 75.0 Å². The largest absolute Gasteiger partial charge is 0.482 e. The number of hydrogen-bond donors (Lipinski definition) is 1. The average Bonchev–Trinajstić information content (AvgIpc) is 3.14. The van der Waals surface area contributed by atoms with Crippen molar-refractivity contribution in [1.82, 2.24) is 9.21 Å². The van der Waals surface area contributed by atoms with E-state index in [9.17, 15) is 18.0 Å². The van der Waals surface area contributed by atoms with E-state index in [1.807, 2.05) is 12.1 Å². The first kappa shape index (κ1) is 29.5. The molecule has 1 aliphatic rings. The van der Waals surface area contributed by atoms with E-state index in [0.717, 1.165) is 5.56 Å². The van der Waals surface area contributed by atoms with Gasteiger partial charge in [-0.25, -0.2) is 8.42 Å². The van der Waals surface area contributed by atoms with Gasteiger partial charge in [-0.05, 0) is 53.8 Å². The van der Waals surface area contributed by atoms with Gasteiger partial charge in [0.2, 0.25) is 27.1 Å². The van der Waals surface area contributed by atoms with E-state index in [2.05, 4.69) is 43.1 Å². The smallest absolute Gasteiger partial charge is 0.243 e. The number of amides is 1. The molecule has 1 N–H and O–H groups in total.